The molecule has 3 heterocycles. The molecule has 170 valence electrons. The molecule has 7 heteroatoms. The van der Waals surface area contributed by atoms with Gasteiger partial charge in [-0.25, -0.2) is 4.98 Å². The smallest absolute Gasteiger partial charge is 0.173 e. The zero-order valence-corrected chi connectivity index (χ0v) is 20.3. The van der Waals surface area contributed by atoms with E-state index in [2.05, 4.69) is 59.9 Å². The summed E-state index contributed by atoms with van der Waals surface area (Å²) in [5.41, 5.74) is 2.98. The number of pyridine rings is 1. The van der Waals surface area contributed by atoms with Crippen molar-refractivity contribution in [2.24, 2.45) is 5.41 Å². The molecule has 0 unspecified atom stereocenters. The van der Waals surface area contributed by atoms with Gasteiger partial charge in [0, 0.05) is 44.4 Å². The highest BCUT2D eigenvalue weighted by molar-refractivity contribution is 7.18. The van der Waals surface area contributed by atoms with E-state index in [0.29, 0.717) is 19.6 Å². The predicted molar refractivity (Wildman–Crippen MR) is 131 cm³/mol. The molecule has 1 aliphatic carbocycles. The minimum absolute atomic E-state index is 0.0364. The van der Waals surface area contributed by atoms with Gasteiger partial charge in [0.05, 0.1) is 23.7 Å². The standard InChI is InChI=1S/C25H32N4O2S/c1-25(2)15-20-19(7-5-18-6-8-22(27-17-18)26-9-10-28(3)4)24(29-11-13-31-14-12-29)32-23(20)21(30)16-25/h6,8,17H,9-16H2,1-4H3,(H,26,27). The average Bonchev–Trinajstić information content (AvgIpc) is 3.11. The molecule has 0 atom stereocenters. The first-order chi connectivity index (χ1) is 15.3. The van der Waals surface area contributed by atoms with E-state index >= 15 is 0 Å². The lowest BCUT2D eigenvalue weighted by molar-refractivity contribution is 0.0917. The minimum atomic E-state index is -0.0364. The molecule has 0 aromatic carbocycles. The molecule has 4 rings (SSSR count). The average molecular weight is 453 g/mol. The fourth-order valence-electron chi connectivity index (χ4n) is 4.13. The van der Waals surface area contributed by atoms with Gasteiger partial charge in [-0.3, -0.25) is 4.79 Å². The lowest BCUT2D eigenvalue weighted by Gasteiger charge is -2.29. The fraction of sp³-hybridized carbons (Fsp3) is 0.520. The van der Waals surface area contributed by atoms with Gasteiger partial charge >= 0.3 is 0 Å². The normalized spacial score (nSPS) is 17.7. The fourth-order valence-corrected chi connectivity index (χ4v) is 5.40. The number of carbonyl (C=O) groups excluding carboxylic acids is 1. The van der Waals surface area contributed by atoms with Crippen LogP contribution in [0.4, 0.5) is 10.8 Å². The van der Waals surface area contributed by atoms with Crippen LogP contribution in [0.2, 0.25) is 0 Å². The molecule has 0 saturated carbocycles. The summed E-state index contributed by atoms with van der Waals surface area (Å²) in [7, 11) is 4.10. The third-order valence-corrected chi connectivity index (χ3v) is 7.13. The van der Waals surface area contributed by atoms with Crippen molar-refractivity contribution >= 4 is 27.9 Å². The Labute approximate surface area is 195 Å². The Balaban J connectivity index is 1.62. The summed E-state index contributed by atoms with van der Waals surface area (Å²) < 4.78 is 5.54. The number of hydrogen-bond donors (Lipinski definition) is 1. The first kappa shape index (κ1) is 22.8. The Morgan fingerprint density at radius 3 is 2.69 bits per heavy atom. The maximum atomic E-state index is 12.9. The summed E-state index contributed by atoms with van der Waals surface area (Å²) in [5, 5.41) is 4.44. The van der Waals surface area contributed by atoms with Gasteiger partial charge in [0.15, 0.2) is 5.78 Å². The Hall–Kier alpha value is -2.40. The Kier molecular flexibility index (Phi) is 6.85. The molecule has 2 aromatic heterocycles. The van der Waals surface area contributed by atoms with Crippen LogP contribution < -0.4 is 10.2 Å². The Morgan fingerprint density at radius 1 is 1.22 bits per heavy atom. The number of rotatable bonds is 5. The highest BCUT2D eigenvalue weighted by Crippen LogP contribution is 2.44. The van der Waals surface area contributed by atoms with Crippen LogP contribution in [0.15, 0.2) is 18.3 Å². The molecular formula is C25H32N4O2S. The summed E-state index contributed by atoms with van der Waals surface area (Å²) in [4.78, 5) is 22.7. The molecule has 0 spiro atoms. The molecule has 2 aromatic rings. The van der Waals surface area contributed by atoms with Crippen molar-refractivity contribution in [1.29, 1.82) is 0 Å². The van der Waals surface area contributed by atoms with Crippen LogP contribution in [0.5, 0.6) is 0 Å². The second kappa shape index (κ2) is 9.62. The van der Waals surface area contributed by atoms with Gasteiger partial charge in [-0.1, -0.05) is 25.7 Å². The minimum Gasteiger partial charge on any atom is -0.378 e. The quantitative estimate of drug-likeness (QED) is 0.701. The molecule has 0 radical (unpaired) electrons. The van der Waals surface area contributed by atoms with E-state index in [0.717, 1.165) is 65.0 Å². The molecule has 1 fully saturated rings. The summed E-state index contributed by atoms with van der Waals surface area (Å²) in [6.07, 6.45) is 3.29. The van der Waals surface area contributed by atoms with Crippen molar-refractivity contribution in [3.05, 3.63) is 39.9 Å². The molecule has 1 aliphatic heterocycles. The Morgan fingerprint density at radius 2 is 2.00 bits per heavy atom. The molecule has 1 N–H and O–H groups in total. The number of likely N-dealkylation sites (N-methyl/N-ethyl adjacent to an activating group) is 1. The zero-order chi connectivity index (χ0) is 22.7. The lowest BCUT2D eigenvalue weighted by Crippen LogP contribution is -2.36. The van der Waals surface area contributed by atoms with Crippen molar-refractivity contribution in [3.63, 3.8) is 0 Å². The second-order valence-electron chi connectivity index (χ2n) is 9.54. The summed E-state index contributed by atoms with van der Waals surface area (Å²) in [6.45, 7) is 9.22. The summed E-state index contributed by atoms with van der Waals surface area (Å²) in [6, 6.07) is 3.97. The van der Waals surface area contributed by atoms with Gasteiger partial charge in [-0.05, 0) is 43.6 Å². The molecule has 0 amide bonds. The van der Waals surface area contributed by atoms with E-state index in [-0.39, 0.29) is 11.2 Å². The highest BCUT2D eigenvalue weighted by atomic mass is 32.1. The van der Waals surface area contributed by atoms with Gasteiger partial charge < -0.3 is 19.9 Å². The van der Waals surface area contributed by atoms with Crippen LogP contribution >= 0.6 is 11.3 Å². The van der Waals surface area contributed by atoms with E-state index in [1.54, 1.807) is 11.3 Å². The first-order valence-electron chi connectivity index (χ1n) is 11.2. The molecular weight excluding hydrogens is 420 g/mol. The van der Waals surface area contributed by atoms with Crippen molar-refractivity contribution < 1.29 is 9.53 Å². The zero-order valence-electron chi connectivity index (χ0n) is 19.5. The van der Waals surface area contributed by atoms with E-state index in [1.807, 2.05) is 18.3 Å². The maximum Gasteiger partial charge on any atom is 0.173 e. The highest BCUT2D eigenvalue weighted by Gasteiger charge is 2.36. The van der Waals surface area contributed by atoms with Gasteiger partial charge in [-0.2, -0.15) is 0 Å². The number of nitrogens with one attached hydrogen (secondary N) is 1. The molecule has 32 heavy (non-hydrogen) atoms. The van der Waals surface area contributed by atoms with E-state index in [9.17, 15) is 4.79 Å². The van der Waals surface area contributed by atoms with Gasteiger partial charge in [0.1, 0.15) is 10.8 Å². The number of carbonyl (C=O) groups is 1. The third-order valence-electron chi connectivity index (χ3n) is 5.79. The Bertz CT molecular complexity index is 1020. The first-order valence-corrected chi connectivity index (χ1v) is 12.0. The molecule has 0 bridgehead atoms. The number of Topliss-reactive ketones (excluding diaryl/α,β-unsaturated/α-hetero) is 1. The molecule has 1 saturated heterocycles. The number of hydrogen-bond acceptors (Lipinski definition) is 7. The van der Waals surface area contributed by atoms with Crippen molar-refractivity contribution in [1.82, 2.24) is 9.88 Å². The molecule has 6 nitrogen and oxygen atoms in total. The number of aromatic nitrogens is 1. The lowest BCUT2D eigenvalue weighted by atomic mass is 9.75. The topological polar surface area (TPSA) is 57.7 Å². The van der Waals surface area contributed by atoms with Crippen molar-refractivity contribution in [2.45, 2.75) is 26.7 Å². The number of nitrogens with zero attached hydrogens (tertiary/aromatic N) is 3. The summed E-state index contributed by atoms with van der Waals surface area (Å²) in [5.74, 6) is 7.84. The SMILES string of the molecule is CN(C)CCNc1ccc(C#Cc2c(N3CCOCC3)sc3c2CC(C)(C)CC3=O)cn1. The van der Waals surface area contributed by atoms with Crippen LogP contribution in [0.1, 0.15) is 46.6 Å². The number of ether oxygens (including phenoxy) is 1. The van der Waals surface area contributed by atoms with E-state index in [4.69, 9.17) is 4.74 Å². The number of morpholine rings is 1. The van der Waals surface area contributed by atoms with Crippen LogP contribution in [-0.2, 0) is 11.2 Å². The largest absolute Gasteiger partial charge is 0.378 e. The number of ketones is 1. The van der Waals surface area contributed by atoms with Crippen molar-refractivity contribution in [3.8, 4) is 11.8 Å². The van der Waals surface area contributed by atoms with Gasteiger partial charge in [0.25, 0.3) is 0 Å². The molecule has 2 aliphatic rings. The number of thiophene rings is 1. The maximum absolute atomic E-state index is 12.9. The van der Waals surface area contributed by atoms with Crippen LogP contribution in [0, 0.1) is 17.3 Å². The number of fused-ring (bicyclic) bond motifs is 1. The third kappa shape index (κ3) is 5.32. The van der Waals surface area contributed by atoms with Crippen LogP contribution in [-0.4, -0.2) is 69.2 Å². The van der Waals surface area contributed by atoms with Crippen LogP contribution in [0.25, 0.3) is 0 Å². The summed E-state index contributed by atoms with van der Waals surface area (Å²) >= 11 is 1.61. The second-order valence-corrected chi connectivity index (χ2v) is 10.5. The number of anilines is 2. The van der Waals surface area contributed by atoms with Gasteiger partial charge in [-0.15, -0.1) is 11.3 Å². The van der Waals surface area contributed by atoms with Crippen LogP contribution in [0.3, 0.4) is 0 Å². The van der Waals surface area contributed by atoms with Crippen molar-refractivity contribution in [2.75, 3.05) is 63.7 Å². The van der Waals surface area contributed by atoms with Gasteiger partial charge in [0.2, 0.25) is 0 Å². The van der Waals surface area contributed by atoms with E-state index in [1.165, 1.54) is 0 Å². The predicted octanol–water partition coefficient (Wildman–Crippen LogP) is 3.51. The van der Waals surface area contributed by atoms with E-state index < -0.39 is 0 Å². The monoisotopic (exact) mass is 452 g/mol.